The second-order valence-corrected chi connectivity index (χ2v) is 6.89. The quantitative estimate of drug-likeness (QED) is 0.692. The van der Waals surface area contributed by atoms with Crippen LogP contribution >= 0.6 is 15.9 Å². The Bertz CT molecular complexity index is 764. The van der Waals surface area contributed by atoms with Gasteiger partial charge in [-0.2, -0.15) is 0 Å². The highest BCUT2D eigenvalue weighted by Gasteiger charge is 2.12. The Balaban J connectivity index is 1.80. The Kier molecular flexibility index (Phi) is 7.81. The molecule has 0 fully saturated rings. The average Bonchev–Trinajstić information content (AvgIpc) is 2.63. The second kappa shape index (κ2) is 10.1. The largest absolute Gasteiger partial charge is 0.346 e. The highest BCUT2D eigenvalue weighted by molar-refractivity contribution is 9.10. The van der Waals surface area contributed by atoms with Crippen LogP contribution in [0.2, 0.25) is 0 Å². The lowest BCUT2D eigenvalue weighted by molar-refractivity contribution is -0.125. The van der Waals surface area contributed by atoms with Gasteiger partial charge >= 0.3 is 0 Å². The standard InChI is InChI=1S/C20H24BrN3O2/c1-3-24(13-16-9-5-4-8-15(16)2)14-20(26)22-12-19(25)23-18-11-7-6-10-17(18)21/h4-11H,3,12-14H2,1-2H3,(H,22,26)(H,23,25). The fourth-order valence-electron chi connectivity index (χ4n) is 2.50. The molecule has 0 unspecified atom stereocenters. The van der Waals surface area contributed by atoms with E-state index in [1.165, 1.54) is 11.1 Å². The van der Waals surface area contributed by atoms with Crippen LogP contribution in [0.25, 0.3) is 0 Å². The molecule has 0 aliphatic carbocycles. The number of benzene rings is 2. The summed E-state index contributed by atoms with van der Waals surface area (Å²) in [6.45, 7) is 5.75. The van der Waals surface area contributed by atoms with Gasteiger partial charge in [0.1, 0.15) is 0 Å². The van der Waals surface area contributed by atoms with E-state index in [0.29, 0.717) is 12.2 Å². The summed E-state index contributed by atoms with van der Waals surface area (Å²) < 4.78 is 0.801. The molecule has 26 heavy (non-hydrogen) atoms. The van der Waals surface area contributed by atoms with E-state index in [1.54, 1.807) is 6.07 Å². The molecule has 2 amide bonds. The van der Waals surface area contributed by atoms with Crippen molar-refractivity contribution >= 4 is 33.4 Å². The molecule has 0 heterocycles. The van der Waals surface area contributed by atoms with Gasteiger partial charge in [0.25, 0.3) is 0 Å². The van der Waals surface area contributed by atoms with E-state index in [0.717, 1.165) is 11.0 Å². The number of amides is 2. The van der Waals surface area contributed by atoms with Crippen molar-refractivity contribution < 1.29 is 9.59 Å². The van der Waals surface area contributed by atoms with Gasteiger partial charge in [-0.05, 0) is 52.7 Å². The Morgan fingerprint density at radius 3 is 2.42 bits per heavy atom. The molecule has 0 aromatic heterocycles. The summed E-state index contributed by atoms with van der Waals surface area (Å²) in [6, 6.07) is 15.5. The molecule has 0 saturated heterocycles. The van der Waals surface area contributed by atoms with Gasteiger partial charge in [-0.25, -0.2) is 0 Å². The topological polar surface area (TPSA) is 61.4 Å². The van der Waals surface area contributed by atoms with E-state index in [4.69, 9.17) is 0 Å². The van der Waals surface area contributed by atoms with E-state index in [1.807, 2.05) is 42.2 Å². The lowest BCUT2D eigenvalue weighted by Crippen LogP contribution is -2.40. The first-order chi connectivity index (χ1) is 12.5. The number of hydrogen-bond acceptors (Lipinski definition) is 3. The number of nitrogens with zero attached hydrogens (tertiary/aromatic N) is 1. The first-order valence-electron chi connectivity index (χ1n) is 8.57. The molecule has 138 valence electrons. The predicted molar refractivity (Wildman–Crippen MR) is 108 cm³/mol. The molecule has 2 aromatic rings. The smallest absolute Gasteiger partial charge is 0.243 e. The summed E-state index contributed by atoms with van der Waals surface area (Å²) >= 11 is 3.38. The number of aryl methyl sites for hydroxylation is 1. The lowest BCUT2D eigenvalue weighted by atomic mass is 10.1. The summed E-state index contributed by atoms with van der Waals surface area (Å²) in [5.41, 5.74) is 3.09. The summed E-state index contributed by atoms with van der Waals surface area (Å²) in [7, 11) is 0. The molecule has 0 radical (unpaired) electrons. The number of para-hydroxylation sites is 1. The van der Waals surface area contributed by atoms with Crippen molar-refractivity contribution in [1.82, 2.24) is 10.2 Å². The number of carbonyl (C=O) groups is 2. The maximum Gasteiger partial charge on any atom is 0.243 e. The molecule has 0 spiro atoms. The molecule has 0 aliphatic rings. The zero-order valence-corrected chi connectivity index (χ0v) is 16.7. The normalized spacial score (nSPS) is 10.6. The number of likely N-dealkylation sites (N-methyl/N-ethyl adjacent to an activating group) is 1. The first kappa shape index (κ1) is 20.1. The van der Waals surface area contributed by atoms with E-state index in [9.17, 15) is 9.59 Å². The lowest BCUT2D eigenvalue weighted by Gasteiger charge is -2.21. The highest BCUT2D eigenvalue weighted by Crippen LogP contribution is 2.20. The number of hydrogen-bond donors (Lipinski definition) is 2. The molecule has 0 saturated carbocycles. The van der Waals surface area contributed by atoms with Gasteiger partial charge in [0.15, 0.2) is 0 Å². The Morgan fingerprint density at radius 1 is 1.04 bits per heavy atom. The molecule has 2 N–H and O–H groups in total. The molecule has 0 aliphatic heterocycles. The maximum absolute atomic E-state index is 12.2. The van der Waals surface area contributed by atoms with Gasteiger partial charge in [-0.15, -0.1) is 0 Å². The molecule has 2 rings (SSSR count). The van der Waals surface area contributed by atoms with E-state index in [-0.39, 0.29) is 24.9 Å². The minimum atomic E-state index is -0.257. The van der Waals surface area contributed by atoms with Gasteiger partial charge in [-0.1, -0.05) is 43.3 Å². The molecule has 6 heteroatoms. The third-order valence-electron chi connectivity index (χ3n) is 4.06. The van der Waals surface area contributed by atoms with Crippen LogP contribution in [0.15, 0.2) is 53.0 Å². The third kappa shape index (κ3) is 6.28. The third-order valence-corrected chi connectivity index (χ3v) is 4.76. The van der Waals surface area contributed by atoms with Gasteiger partial charge in [0, 0.05) is 11.0 Å². The van der Waals surface area contributed by atoms with E-state index in [2.05, 4.69) is 45.6 Å². The van der Waals surface area contributed by atoms with E-state index >= 15 is 0 Å². The SMILES string of the molecule is CCN(CC(=O)NCC(=O)Nc1ccccc1Br)Cc1ccccc1C. The first-order valence-corrected chi connectivity index (χ1v) is 9.36. The number of carbonyl (C=O) groups excluding carboxylic acids is 2. The fraction of sp³-hybridized carbons (Fsp3) is 0.300. The van der Waals surface area contributed by atoms with Crippen molar-refractivity contribution in [3.05, 3.63) is 64.1 Å². The van der Waals surface area contributed by atoms with Crippen molar-refractivity contribution in [2.24, 2.45) is 0 Å². The molecular weight excluding hydrogens is 394 g/mol. The Labute approximate surface area is 162 Å². The van der Waals surface area contributed by atoms with Crippen LogP contribution in [0.3, 0.4) is 0 Å². The van der Waals surface area contributed by atoms with Crippen LogP contribution in [0, 0.1) is 6.92 Å². The van der Waals surface area contributed by atoms with Gasteiger partial charge in [0.05, 0.1) is 18.8 Å². The average molecular weight is 418 g/mol. The number of nitrogens with one attached hydrogen (secondary N) is 2. The van der Waals surface area contributed by atoms with Crippen LogP contribution in [0.1, 0.15) is 18.1 Å². The second-order valence-electron chi connectivity index (χ2n) is 6.03. The van der Waals surface area contributed by atoms with Crippen LogP contribution in [-0.4, -0.2) is 36.3 Å². The fourth-order valence-corrected chi connectivity index (χ4v) is 2.89. The molecule has 5 nitrogen and oxygen atoms in total. The summed E-state index contributed by atoms with van der Waals surface area (Å²) in [4.78, 5) is 26.2. The zero-order chi connectivity index (χ0) is 18.9. The molecule has 0 atom stereocenters. The molecular formula is C20H24BrN3O2. The number of rotatable bonds is 8. The summed E-state index contributed by atoms with van der Waals surface area (Å²) in [5.74, 6) is -0.421. The summed E-state index contributed by atoms with van der Waals surface area (Å²) in [5, 5.41) is 5.45. The van der Waals surface area contributed by atoms with Gasteiger partial charge in [-0.3, -0.25) is 14.5 Å². The highest BCUT2D eigenvalue weighted by atomic mass is 79.9. The summed E-state index contributed by atoms with van der Waals surface area (Å²) in [6.07, 6.45) is 0. The van der Waals surface area contributed by atoms with Crippen molar-refractivity contribution in [3.8, 4) is 0 Å². The number of anilines is 1. The van der Waals surface area contributed by atoms with Crippen LogP contribution < -0.4 is 10.6 Å². The minimum Gasteiger partial charge on any atom is -0.346 e. The monoisotopic (exact) mass is 417 g/mol. The van der Waals surface area contributed by atoms with Gasteiger partial charge in [0.2, 0.25) is 11.8 Å². The van der Waals surface area contributed by atoms with Crippen LogP contribution in [-0.2, 0) is 16.1 Å². The predicted octanol–water partition coefficient (Wildman–Crippen LogP) is 3.33. The minimum absolute atomic E-state index is 0.0535. The van der Waals surface area contributed by atoms with Crippen LogP contribution in [0.4, 0.5) is 5.69 Å². The zero-order valence-electron chi connectivity index (χ0n) is 15.1. The van der Waals surface area contributed by atoms with Gasteiger partial charge < -0.3 is 10.6 Å². The molecule has 0 bridgehead atoms. The number of halogens is 1. The van der Waals surface area contributed by atoms with Crippen molar-refractivity contribution in [1.29, 1.82) is 0 Å². The Hall–Kier alpha value is -2.18. The Morgan fingerprint density at radius 2 is 1.73 bits per heavy atom. The maximum atomic E-state index is 12.2. The van der Waals surface area contributed by atoms with E-state index < -0.39 is 0 Å². The van der Waals surface area contributed by atoms with Crippen molar-refractivity contribution in [3.63, 3.8) is 0 Å². The van der Waals surface area contributed by atoms with Crippen LogP contribution in [0.5, 0.6) is 0 Å². The van der Waals surface area contributed by atoms with Crippen molar-refractivity contribution in [2.45, 2.75) is 20.4 Å². The molecule has 2 aromatic carbocycles. The van der Waals surface area contributed by atoms with Crippen molar-refractivity contribution in [2.75, 3.05) is 25.0 Å².